The van der Waals surface area contributed by atoms with Crippen LogP contribution in [0.4, 0.5) is 5.69 Å². The molecule has 7 nitrogen and oxygen atoms in total. The van der Waals surface area contributed by atoms with Crippen LogP contribution in [0.2, 0.25) is 0 Å². The number of benzene rings is 3. The lowest BCUT2D eigenvalue weighted by molar-refractivity contribution is -0.116. The van der Waals surface area contributed by atoms with Gasteiger partial charge in [-0.1, -0.05) is 72.4 Å². The van der Waals surface area contributed by atoms with Crippen molar-refractivity contribution in [2.75, 3.05) is 23.8 Å². The van der Waals surface area contributed by atoms with Crippen LogP contribution in [0.15, 0.2) is 90.1 Å². The first-order chi connectivity index (χ1) is 17.7. The van der Waals surface area contributed by atoms with E-state index in [-0.39, 0.29) is 18.1 Å². The molecule has 1 heterocycles. The molecular formula is C28H25N5O2S. The molecule has 0 saturated carbocycles. The Morgan fingerprint density at radius 2 is 1.56 bits per heavy atom. The van der Waals surface area contributed by atoms with E-state index >= 15 is 0 Å². The molecule has 0 aliphatic heterocycles. The summed E-state index contributed by atoms with van der Waals surface area (Å²) in [6.45, 7) is 2.78. The fraction of sp³-hybridized carbons (Fsp3) is 0.179. The van der Waals surface area contributed by atoms with E-state index in [0.29, 0.717) is 35.4 Å². The highest BCUT2D eigenvalue weighted by Crippen LogP contribution is 2.30. The molecule has 0 aliphatic carbocycles. The molecule has 1 aromatic heterocycles. The van der Waals surface area contributed by atoms with Gasteiger partial charge in [-0.2, -0.15) is 5.26 Å². The zero-order chi connectivity index (χ0) is 25.2. The molecule has 0 saturated heterocycles. The van der Waals surface area contributed by atoms with E-state index in [1.54, 1.807) is 4.90 Å². The first-order valence-electron chi connectivity index (χ1n) is 11.6. The Labute approximate surface area is 214 Å². The van der Waals surface area contributed by atoms with Gasteiger partial charge in [0, 0.05) is 23.4 Å². The van der Waals surface area contributed by atoms with Crippen LogP contribution in [-0.4, -0.2) is 40.0 Å². The third-order valence-electron chi connectivity index (χ3n) is 5.29. The zero-order valence-corrected chi connectivity index (χ0v) is 20.7. The van der Waals surface area contributed by atoms with E-state index in [9.17, 15) is 4.79 Å². The molecule has 0 spiro atoms. The largest absolute Gasteiger partial charge is 0.494 e. The number of anilines is 1. The number of hydrogen-bond donors (Lipinski definition) is 0. The number of rotatable bonds is 10. The van der Waals surface area contributed by atoms with Gasteiger partial charge < -0.3 is 9.64 Å². The highest BCUT2D eigenvalue weighted by molar-refractivity contribution is 7.99. The van der Waals surface area contributed by atoms with Gasteiger partial charge in [-0.25, -0.2) is 4.98 Å². The number of carbonyl (C=O) groups is 1. The molecule has 4 aromatic rings. The van der Waals surface area contributed by atoms with Gasteiger partial charge in [0.1, 0.15) is 17.1 Å². The minimum atomic E-state index is -0.142. The van der Waals surface area contributed by atoms with Gasteiger partial charge in [0.15, 0.2) is 0 Å². The smallest absolute Gasteiger partial charge is 0.237 e. The zero-order valence-electron chi connectivity index (χ0n) is 19.9. The van der Waals surface area contributed by atoms with Crippen molar-refractivity contribution < 1.29 is 9.53 Å². The molecular weight excluding hydrogens is 470 g/mol. The maximum atomic E-state index is 13.2. The molecule has 3 aromatic carbocycles. The summed E-state index contributed by atoms with van der Waals surface area (Å²) in [5.74, 6) is 0.699. The SMILES string of the molecule is CCOc1ccc(N(CCC#N)C(=O)CSc2nnc(-c3ccccc3)c(-c3ccccc3)n2)cc1. The van der Waals surface area contributed by atoms with Crippen LogP contribution in [0.3, 0.4) is 0 Å². The van der Waals surface area contributed by atoms with Crippen LogP contribution in [0.25, 0.3) is 22.5 Å². The van der Waals surface area contributed by atoms with Crippen molar-refractivity contribution in [3.8, 4) is 34.3 Å². The number of ether oxygens (including phenoxy) is 1. The second-order valence-electron chi connectivity index (χ2n) is 7.69. The number of nitriles is 1. The van der Waals surface area contributed by atoms with Gasteiger partial charge in [-0.3, -0.25) is 4.79 Å². The lowest BCUT2D eigenvalue weighted by atomic mass is 10.0. The normalized spacial score (nSPS) is 10.4. The summed E-state index contributed by atoms with van der Waals surface area (Å²) >= 11 is 1.23. The monoisotopic (exact) mass is 495 g/mol. The molecule has 0 bridgehead atoms. The number of aromatic nitrogens is 3. The molecule has 0 N–H and O–H groups in total. The highest BCUT2D eigenvalue weighted by atomic mass is 32.2. The number of thioether (sulfide) groups is 1. The summed E-state index contributed by atoms with van der Waals surface area (Å²) in [5.41, 5.74) is 3.94. The Bertz CT molecular complexity index is 1330. The van der Waals surface area contributed by atoms with Crippen LogP contribution in [0.5, 0.6) is 5.75 Å². The molecule has 36 heavy (non-hydrogen) atoms. The van der Waals surface area contributed by atoms with Gasteiger partial charge in [0.2, 0.25) is 11.1 Å². The first kappa shape index (κ1) is 24.9. The maximum Gasteiger partial charge on any atom is 0.237 e. The second-order valence-corrected chi connectivity index (χ2v) is 8.64. The van der Waals surface area contributed by atoms with Crippen LogP contribution in [-0.2, 0) is 4.79 Å². The minimum Gasteiger partial charge on any atom is -0.494 e. The van der Waals surface area contributed by atoms with Gasteiger partial charge >= 0.3 is 0 Å². The van der Waals surface area contributed by atoms with Crippen LogP contribution >= 0.6 is 11.8 Å². The van der Waals surface area contributed by atoms with Crippen molar-refractivity contribution in [3.63, 3.8) is 0 Å². The summed E-state index contributed by atoms with van der Waals surface area (Å²) in [7, 11) is 0. The standard InChI is InChI=1S/C28H25N5O2S/c1-2-35-24-16-14-23(15-17-24)33(19-9-18-29)25(34)20-36-28-30-26(21-10-5-3-6-11-21)27(31-32-28)22-12-7-4-8-13-22/h3-8,10-17H,2,9,19-20H2,1H3. The Hall–Kier alpha value is -4.22. The van der Waals surface area contributed by atoms with Crippen molar-refractivity contribution in [1.29, 1.82) is 5.26 Å². The molecule has 0 unspecified atom stereocenters. The summed E-state index contributed by atoms with van der Waals surface area (Å²) in [4.78, 5) is 19.5. The Morgan fingerprint density at radius 1 is 0.917 bits per heavy atom. The molecule has 0 atom stereocenters. The molecule has 0 fully saturated rings. The van der Waals surface area contributed by atoms with E-state index in [0.717, 1.165) is 16.9 Å². The number of nitrogens with zero attached hydrogens (tertiary/aromatic N) is 5. The molecule has 0 radical (unpaired) electrons. The van der Waals surface area contributed by atoms with Crippen molar-refractivity contribution >= 4 is 23.4 Å². The maximum absolute atomic E-state index is 13.2. The van der Waals surface area contributed by atoms with E-state index < -0.39 is 0 Å². The molecule has 8 heteroatoms. The highest BCUT2D eigenvalue weighted by Gasteiger charge is 2.19. The topological polar surface area (TPSA) is 92.0 Å². The van der Waals surface area contributed by atoms with Crippen molar-refractivity contribution in [3.05, 3.63) is 84.9 Å². The summed E-state index contributed by atoms with van der Waals surface area (Å²) in [5, 5.41) is 18.3. The number of hydrogen-bond acceptors (Lipinski definition) is 7. The first-order valence-corrected chi connectivity index (χ1v) is 12.6. The third kappa shape index (κ3) is 6.26. The predicted molar refractivity (Wildman–Crippen MR) is 142 cm³/mol. The van der Waals surface area contributed by atoms with Crippen LogP contribution < -0.4 is 9.64 Å². The second kappa shape index (κ2) is 12.5. The predicted octanol–water partition coefficient (Wildman–Crippen LogP) is 5.64. The van der Waals surface area contributed by atoms with Crippen molar-refractivity contribution in [2.45, 2.75) is 18.5 Å². The summed E-state index contributed by atoms with van der Waals surface area (Å²) in [6.07, 6.45) is 0.228. The minimum absolute atomic E-state index is 0.110. The lowest BCUT2D eigenvalue weighted by Gasteiger charge is -2.22. The fourth-order valence-electron chi connectivity index (χ4n) is 3.61. The van der Waals surface area contributed by atoms with E-state index in [2.05, 4.69) is 16.3 Å². The molecule has 1 amide bonds. The van der Waals surface area contributed by atoms with Crippen molar-refractivity contribution in [2.24, 2.45) is 0 Å². The van der Waals surface area contributed by atoms with E-state index in [1.165, 1.54) is 11.8 Å². The van der Waals surface area contributed by atoms with Gasteiger partial charge in [0.25, 0.3) is 0 Å². The fourth-order valence-corrected chi connectivity index (χ4v) is 4.28. The Morgan fingerprint density at radius 3 is 2.17 bits per heavy atom. The van der Waals surface area contributed by atoms with Gasteiger partial charge in [-0.15, -0.1) is 10.2 Å². The molecule has 180 valence electrons. The van der Waals surface area contributed by atoms with E-state index in [1.807, 2.05) is 91.9 Å². The van der Waals surface area contributed by atoms with E-state index in [4.69, 9.17) is 15.0 Å². The average Bonchev–Trinajstić information content (AvgIpc) is 2.94. The molecule has 4 rings (SSSR count). The third-order valence-corrected chi connectivity index (χ3v) is 6.12. The number of carbonyl (C=O) groups excluding carboxylic acids is 1. The Kier molecular flexibility index (Phi) is 8.62. The summed E-state index contributed by atoms with van der Waals surface area (Å²) in [6, 6.07) is 29.0. The quantitative estimate of drug-likeness (QED) is 0.263. The lowest BCUT2D eigenvalue weighted by Crippen LogP contribution is -2.33. The van der Waals surface area contributed by atoms with Crippen molar-refractivity contribution in [1.82, 2.24) is 15.2 Å². The molecule has 0 aliphatic rings. The Balaban J connectivity index is 1.55. The van der Waals surface area contributed by atoms with Gasteiger partial charge in [-0.05, 0) is 31.2 Å². The average molecular weight is 496 g/mol. The summed E-state index contributed by atoms with van der Waals surface area (Å²) < 4.78 is 5.49. The van der Waals surface area contributed by atoms with Gasteiger partial charge in [0.05, 0.1) is 24.8 Å². The van der Waals surface area contributed by atoms with Crippen LogP contribution in [0.1, 0.15) is 13.3 Å². The van der Waals surface area contributed by atoms with Crippen LogP contribution in [0, 0.1) is 11.3 Å². The number of amides is 1.